The highest BCUT2D eigenvalue weighted by Crippen LogP contribution is 2.19. The molecule has 5 atom stereocenters. The Bertz CT molecular complexity index is 2200. The third kappa shape index (κ3) is 37.4. The zero-order valence-electron chi connectivity index (χ0n) is 51.0. The summed E-state index contributed by atoms with van der Waals surface area (Å²) in [6.45, 7) is 1.68. The average molecular weight is 1240 g/mol. The summed E-state index contributed by atoms with van der Waals surface area (Å²) >= 11 is 0. The van der Waals surface area contributed by atoms with Crippen molar-refractivity contribution in [1.82, 2.24) is 62.3 Å². The maximum atomic E-state index is 14.1. The van der Waals surface area contributed by atoms with Crippen molar-refractivity contribution in [1.29, 1.82) is 0 Å². The molecule has 87 heavy (non-hydrogen) atoms. The van der Waals surface area contributed by atoms with E-state index in [1.54, 1.807) is 0 Å². The molecule has 30 nitrogen and oxygen atoms in total. The molecule has 0 bridgehead atoms. The molecule has 0 saturated carbocycles. The smallest absolute Gasteiger partial charge is 0.317 e. The lowest BCUT2D eigenvalue weighted by molar-refractivity contribution is -0.142. The van der Waals surface area contributed by atoms with E-state index >= 15 is 0 Å². The first-order valence-corrected chi connectivity index (χ1v) is 31.1. The van der Waals surface area contributed by atoms with Gasteiger partial charge in [-0.05, 0) is 103 Å². The van der Waals surface area contributed by atoms with Crippen LogP contribution in [0, 0.1) is 0 Å². The summed E-state index contributed by atoms with van der Waals surface area (Å²) in [5, 5.41) is 58.0. The van der Waals surface area contributed by atoms with Gasteiger partial charge >= 0.3 is 17.9 Å². The molecule has 2 heterocycles. The lowest BCUT2D eigenvalue weighted by Gasteiger charge is -2.28. The van der Waals surface area contributed by atoms with Gasteiger partial charge < -0.3 is 73.1 Å². The topological polar surface area (TPSA) is 452 Å². The maximum Gasteiger partial charge on any atom is 0.317 e. The number of aryl methyl sites for hydroxylation is 1. The summed E-state index contributed by atoms with van der Waals surface area (Å²) in [4.78, 5) is 142. The van der Waals surface area contributed by atoms with E-state index in [0.717, 1.165) is 42.8 Å². The molecule has 0 spiro atoms. The third-order valence-electron chi connectivity index (χ3n) is 14.7. The van der Waals surface area contributed by atoms with E-state index in [1.165, 1.54) is 69.6 Å². The van der Waals surface area contributed by atoms with Gasteiger partial charge in [0, 0.05) is 45.8 Å². The number of likely N-dealkylation sites (tertiary alicyclic amines) is 1. The predicted molar refractivity (Wildman–Crippen MR) is 317 cm³/mol. The number of carboxylic acid groups (broad SMARTS) is 3. The summed E-state index contributed by atoms with van der Waals surface area (Å²) in [5.41, 5.74) is 11.4. The number of tetrazole rings is 1. The molecule has 2 rings (SSSR count). The van der Waals surface area contributed by atoms with Crippen LogP contribution in [0.15, 0.2) is 0 Å². The number of aromatic amines is 1. The quantitative estimate of drug-likeness (QED) is 0.0400. The summed E-state index contributed by atoms with van der Waals surface area (Å²) < 4.78 is 10.9. The van der Waals surface area contributed by atoms with Crippen LogP contribution < -0.4 is 43.4 Å². The second kappa shape index (κ2) is 47.2. The Kier molecular flexibility index (Phi) is 41.3. The van der Waals surface area contributed by atoms with Gasteiger partial charge in [-0.1, -0.05) is 75.8 Å². The minimum absolute atomic E-state index is 0.0133. The lowest BCUT2D eigenvalue weighted by Crippen LogP contribution is -2.59. The molecule has 1 aliphatic rings. The van der Waals surface area contributed by atoms with Crippen LogP contribution >= 0.6 is 0 Å². The fourth-order valence-corrected chi connectivity index (χ4v) is 9.92. The predicted octanol–water partition coefficient (Wildman–Crippen LogP) is 0.710. The van der Waals surface area contributed by atoms with Crippen molar-refractivity contribution < 1.29 is 77.5 Å². The minimum Gasteiger partial charge on any atom is -0.481 e. The van der Waals surface area contributed by atoms with Crippen molar-refractivity contribution in [2.45, 2.75) is 217 Å². The average Bonchev–Trinajstić information content (AvgIpc) is 3.43. The summed E-state index contributed by atoms with van der Waals surface area (Å²) in [6, 6.07) is -6.34. The van der Waals surface area contributed by atoms with Crippen LogP contribution in [0.5, 0.6) is 0 Å². The number of unbranched alkanes of at least 4 members (excludes halogenated alkanes) is 15. The van der Waals surface area contributed by atoms with Crippen molar-refractivity contribution in [2.75, 3.05) is 72.2 Å². The molecule has 0 radical (unpaired) electrons. The molecule has 0 aliphatic carbocycles. The third-order valence-corrected chi connectivity index (χ3v) is 14.7. The molecule has 1 aromatic rings. The number of hydrogen-bond donors (Lipinski definition) is 12. The SMILES string of the molecule is CC(=O)N1CCC[C@H]1C(=O)N[C@@H](CCCCN)C(=O)N[C@@H](CCC(=O)O)C(=O)N[C@@H](CCCCN(CC(=O)O)CC(=O)O)C(=O)N[C@@H](CCCCNC(=O)COCCOCCNC(=O)CCCCCCCCCCCCCCCc1nn[nH]n1)C(N)=O. The standard InChI is InChI=1S/C57H100N14O16/c1-41(72)71-34-21-25-46(71)57(85)65-44(23-15-18-30-58)55(83)64-45(28-29-50(75)76)56(84)63-43(24-17-20-33-70(38-51(77)78)39-52(79)80)54(82)62-42(53(59)81)22-16-19-31-60-49(74)40-87-37-36-86-35-32-61-48(73)27-14-12-10-8-6-4-2-3-5-7-9-11-13-26-47-66-68-69-67-47/h42-46H,2-40,58H2,1H3,(H2,59,81)(H,60,74)(H,61,73)(H,62,82)(H,63,84)(H,64,83)(H,65,85)(H,75,76)(H,77,78)(H,79,80)(H,66,67,68,69)/t42-,43-,44-,45-,46-/m0/s1. The maximum absolute atomic E-state index is 14.1. The van der Waals surface area contributed by atoms with Crippen LogP contribution in [0.3, 0.4) is 0 Å². The monoisotopic (exact) mass is 1240 g/mol. The Morgan fingerprint density at radius 1 is 0.598 bits per heavy atom. The molecule has 8 amide bonds. The molecule has 1 fully saturated rings. The Morgan fingerprint density at radius 3 is 1.69 bits per heavy atom. The van der Waals surface area contributed by atoms with E-state index in [4.69, 9.17) is 20.9 Å². The van der Waals surface area contributed by atoms with Gasteiger partial charge in [0.2, 0.25) is 47.3 Å². The van der Waals surface area contributed by atoms with Crippen LogP contribution in [-0.4, -0.2) is 213 Å². The van der Waals surface area contributed by atoms with E-state index in [9.17, 15) is 68.1 Å². The Hall–Kier alpha value is -6.92. The highest BCUT2D eigenvalue weighted by molar-refractivity contribution is 5.96. The van der Waals surface area contributed by atoms with E-state index in [0.29, 0.717) is 51.6 Å². The number of nitrogens with one attached hydrogen (secondary N) is 7. The molecule has 494 valence electrons. The van der Waals surface area contributed by atoms with E-state index in [1.807, 2.05) is 0 Å². The molecule has 1 aromatic heterocycles. The molecule has 1 aliphatic heterocycles. The van der Waals surface area contributed by atoms with Crippen molar-refractivity contribution >= 4 is 65.2 Å². The summed E-state index contributed by atoms with van der Waals surface area (Å²) in [6.07, 6.45) is 18.2. The van der Waals surface area contributed by atoms with Crippen molar-refractivity contribution in [3.8, 4) is 0 Å². The van der Waals surface area contributed by atoms with Gasteiger partial charge in [0.1, 0.15) is 36.8 Å². The molecular weight excluding hydrogens is 1140 g/mol. The fourth-order valence-electron chi connectivity index (χ4n) is 9.92. The normalized spacial score (nSPS) is 14.3. The van der Waals surface area contributed by atoms with Crippen molar-refractivity contribution in [3.05, 3.63) is 5.82 Å². The number of aromatic nitrogens is 4. The molecule has 30 heteroatoms. The van der Waals surface area contributed by atoms with E-state index < -0.39 is 109 Å². The van der Waals surface area contributed by atoms with E-state index in [-0.39, 0.29) is 96.4 Å². The van der Waals surface area contributed by atoms with Gasteiger partial charge in [-0.2, -0.15) is 5.21 Å². The minimum atomic E-state index is -1.57. The number of ether oxygens (including phenoxy) is 2. The number of nitrogens with two attached hydrogens (primary N) is 2. The van der Waals surface area contributed by atoms with E-state index in [2.05, 4.69) is 52.5 Å². The van der Waals surface area contributed by atoms with Crippen molar-refractivity contribution in [2.24, 2.45) is 11.5 Å². The van der Waals surface area contributed by atoms with Crippen LogP contribution in [0.25, 0.3) is 0 Å². The van der Waals surface area contributed by atoms with Crippen molar-refractivity contribution in [3.63, 3.8) is 0 Å². The number of carbonyl (C=O) groups excluding carboxylic acids is 8. The number of aliphatic carboxylic acids is 3. The number of primary amides is 1. The second-order valence-corrected chi connectivity index (χ2v) is 22.0. The molecule has 0 aromatic carbocycles. The Morgan fingerprint density at radius 2 is 1.13 bits per heavy atom. The van der Waals surface area contributed by atoms with Crippen LogP contribution in [0.1, 0.15) is 186 Å². The van der Waals surface area contributed by atoms with Gasteiger partial charge in [0.15, 0.2) is 5.82 Å². The highest BCUT2D eigenvalue weighted by atomic mass is 16.5. The zero-order valence-corrected chi connectivity index (χ0v) is 51.0. The first-order valence-electron chi connectivity index (χ1n) is 31.1. The van der Waals surface area contributed by atoms with Crippen LogP contribution in [-0.2, 0) is 68.6 Å². The summed E-state index contributed by atoms with van der Waals surface area (Å²) in [5.74, 6) is -8.05. The molecule has 1 saturated heterocycles. The number of rotatable bonds is 54. The number of H-pyrrole nitrogens is 1. The van der Waals surface area contributed by atoms with Gasteiger partial charge in [-0.15, -0.1) is 10.2 Å². The first-order chi connectivity index (χ1) is 41.8. The lowest BCUT2D eigenvalue weighted by atomic mass is 10.0. The fraction of sp³-hybridized carbons (Fsp3) is 0.789. The Labute approximate surface area is 510 Å². The number of amides is 8. The van der Waals surface area contributed by atoms with Gasteiger partial charge in [-0.3, -0.25) is 57.6 Å². The molecular formula is C57H100N14O16. The Balaban J connectivity index is 1.80. The number of carbonyl (C=O) groups is 11. The molecule has 14 N–H and O–H groups in total. The van der Waals surface area contributed by atoms with Gasteiger partial charge in [0.05, 0.1) is 32.9 Å². The molecule has 0 unspecified atom stereocenters. The number of nitrogens with zero attached hydrogens (tertiary/aromatic N) is 5. The highest BCUT2D eigenvalue weighted by Gasteiger charge is 2.36. The summed E-state index contributed by atoms with van der Waals surface area (Å²) in [7, 11) is 0. The largest absolute Gasteiger partial charge is 0.481 e. The number of carboxylic acids is 3. The number of hydrogen-bond acceptors (Lipinski definition) is 18. The van der Waals surface area contributed by atoms with Gasteiger partial charge in [0.25, 0.3) is 0 Å². The zero-order chi connectivity index (χ0) is 64.0. The van der Waals surface area contributed by atoms with Crippen LogP contribution in [0.4, 0.5) is 0 Å². The van der Waals surface area contributed by atoms with Gasteiger partial charge in [-0.25, -0.2) is 0 Å². The van der Waals surface area contributed by atoms with Crippen LogP contribution in [0.2, 0.25) is 0 Å². The first kappa shape index (κ1) is 76.2. The second-order valence-electron chi connectivity index (χ2n) is 22.0.